The monoisotopic (exact) mass is 639 g/mol. The van der Waals surface area contributed by atoms with E-state index in [-0.39, 0.29) is 25.5 Å². The number of aromatic nitrogens is 6. The summed E-state index contributed by atoms with van der Waals surface area (Å²) in [7, 11) is 1.32. The molecule has 3 aromatic carbocycles. The number of aliphatic hydroxyl groups excluding tert-OH is 1. The van der Waals surface area contributed by atoms with Crippen LogP contribution >= 0.6 is 11.6 Å². The molecule has 0 aliphatic heterocycles. The molecule has 2 N–H and O–H groups in total. The molecular formula is C33H30ClN7O5. The van der Waals surface area contributed by atoms with Gasteiger partial charge in [-0.3, -0.25) is 14.4 Å². The Hall–Kier alpha value is -5.46. The SMILES string of the molecule is COC(=O)Cc1ccc(-c2cc([C@H](Cc3ccccc3)NC(=O)/C=C/c3cc(Cl)ccc3-n3cnnn3)nn(CCO)c2=O)cc1. The maximum atomic E-state index is 13.4. The average molecular weight is 640 g/mol. The summed E-state index contributed by atoms with van der Waals surface area (Å²) in [6.45, 7) is -0.351. The number of esters is 1. The number of rotatable bonds is 12. The van der Waals surface area contributed by atoms with Gasteiger partial charge in [-0.05, 0) is 63.9 Å². The Bertz CT molecular complexity index is 1890. The molecule has 0 radical (unpaired) electrons. The van der Waals surface area contributed by atoms with Crippen LogP contribution in [0.1, 0.15) is 28.4 Å². The molecule has 0 aliphatic rings. The van der Waals surface area contributed by atoms with Crippen molar-refractivity contribution in [2.45, 2.75) is 25.4 Å². The second-order valence-corrected chi connectivity index (χ2v) is 10.7. The number of hydrogen-bond acceptors (Lipinski definition) is 9. The van der Waals surface area contributed by atoms with Crippen LogP contribution in [0.3, 0.4) is 0 Å². The number of aliphatic hydroxyl groups is 1. The van der Waals surface area contributed by atoms with Crippen LogP contribution in [0.2, 0.25) is 5.02 Å². The van der Waals surface area contributed by atoms with Gasteiger partial charge >= 0.3 is 5.97 Å². The van der Waals surface area contributed by atoms with Gasteiger partial charge in [-0.15, -0.1) is 5.10 Å². The number of benzene rings is 3. The number of ether oxygens (including phenoxy) is 1. The van der Waals surface area contributed by atoms with Crippen molar-refractivity contribution in [2.75, 3.05) is 13.7 Å². The smallest absolute Gasteiger partial charge is 0.309 e. The van der Waals surface area contributed by atoms with Gasteiger partial charge < -0.3 is 15.2 Å². The van der Waals surface area contributed by atoms with E-state index in [0.29, 0.717) is 39.5 Å². The van der Waals surface area contributed by atoms with E-state index in [9.17, 15) is 19.5 Å². The van der Waals surface area contributed by atoms with Gasteiger partial charge in [0.15, 0.2) is 0 Å². The highest BCUT2D eigenvalue weighted by atomic mass is 35.5. The molecule has 0 aliphatic carbocycles. The lowest BCUT2D eigenvalue weighted by molar-refractivity contribution is -0.139. The Balaban J connectivity index is 1.49. The number of carbonyl (C=O) groups is 2. The third-order valence-electron chi connectivity index (χ3n) is 7.10. The molecule has 0 unspecified atom stereocenters. The Morgan fingerprint density at radius 1 is 1.04 bits per heavy atom. The summed E-state index contributed by atoms with van der Waals surface area (Å²) in [4.78, 5) is 38.5. The minimum Gasteiger partial charge on any atom is -0.469 e. The number of tetrazole rings is 1. The third-order valence-corrected chi connectivity index (χ3v) is 7.34. The van der Waals surface area contributed by atoms with Crippen LogP contribution in [0, 0.1) is 0 Å². The van der Waals surface area contributed by atoms with Crippen molar-refractivity contribution in [3.8, 4) is 16.8 Å². The number of nitrogens with one attached hydrogen (secondary N) is 1. The van der Waals surface area contributed by atoms with Crippen LogP contribution in [0.4, 0.5) is 0 Å². The topological polar surface area (TPSA) is 154 Å². The lowest BCUT2D eigenvalue weighted by Crippen LogP contribution is -2.33. The fourth-order valence-electron chi connectivity index (χ4n) is 4.83. The lowest BCUT2D eigenvalue weighted by Gasteiger charge is -2.20. The molecule has 1 amide bonds. The molecule has 0 saturated heterocycles. The Kier molecular flexibility index (Phi) is 10.4. The number of amides is 1. The number of halogens is 1. The maximum absolute atomic E-state index is 13.4. The van der Waals surface area contributed by atoms with Crippen molar-refractivity contribution in [3.63, 3.8) is 0 Å². The summed E-state index contributed by atoms with van der Waals surface area (Å²) in [5.74, 6) is -0.793. The molecule has 0 saturated carbocycles. The first-order valence-corrected chi connectivity index (χ1v) is 14.7. The number of methoxy groups -OCH3 is 1. The second kappa shape index (κ2) is 15.0. The highest BCUT2D eigenvalue weighted by Gasteiger charge is 2.20. The molecule has 46 heavy (non-hydrogen) atoms. The lowest BCUT2D eigenvalue weighted by atomic mass is 9.99. The Labute approximate surface area is 268 Å². The van der Waals surface area contributed by atoms with Gasteiger partial charge in [0.2, 0.25) is 5.91 Å². The summed E-state index contributed by atoms with van der Waals surface area (Å²) >= 11 is 6.23. The van der Waals surface area contributed by atoms with Gasteiger partial charge in [0.25, 0.3) is 5.56 Å². The van der Waals surface area contributed by atoms with Crippen LogP contribution in [-0.2, 0) is 33.7 Å². The minimum absolute atomic E-state index is 0.0410. The molecule has 5 rings (SSSR count). The van der Waals surface area contributed by atoms with Gasteiger partial charge in [-0.1, -0.05) is 66.2 Å². The van der Waals surface area contributed by atoms with Crippen molar-refractivity contribution in [3.05, 3.63) is 129 Å². The maximum Gasteiger partial charge on any atom is 0.309 e. The van der Waals surface area contributed by atoms with Gasteiger partial charge in [0, 0.05) is 16.7 Å². The zero-order valence-electron chi connectivity index (χ0n) is 24.8. The van der Waals surface area contributed by atoms with Crippen molar-refractivity contribution in [1.29, 1.82) is 0 Å². The van der Waals surface area contributed by atoms with E-state index in [1.54, 1.807) is 54.6 Å². The van der Waals surface area contributed by atoms with E-state index in [4.69, 9.17) is 16.3 Å². The van der Waals surface area contributed by atoms with Gasteiger partial charge in [-0.2, -0.15) is 9.78 Å². The highest BCUT2D eigenvalue weighted by Crippen LogP contribution is 2.24. The minimum atomic E-state index is -0.652. The summed E-state index contributed by atoms with van der Waals surface area (Å²) in [5.41, 5.74) is 3.84. The normalized spacial score (nSPS) is 11.8. The predicted molar refractivity (Wildman–Crippen MR) is 171 cm³/mol. The van der Waals surface area contributed by atoms with E-state index in [1.807, 2.05) is 30.3 Å². The molecule has 234 valence electrons. The fraction of sp³-hybridized carbons (Fsp3) is 0.182. The Morgan fingerprint density at radius 3 is 2.52 bits per heavy atom. The van der Waals surface area contributed by atoms with E-state index in [0.717, 1.165) is 11.1 Å². The first-order chi connectivity index (χ1) is 22.3. The second-order valence-electron chi connectivity index (χ2n) is 10.2. The summed E-state index contributed by atoms with van der Waals surface area (Å²) in [5, 5.41) is 29.0. The largest absolute Gasteiger partial charge is 0.469 e. The molecule has 2 aromatic heterocycles. The molecule has 0 spiro atoms. The number of nitrogens with zero attached hydrogens (tertiary/aromatic N) is 6. The van der Waals surface area contributed by atoms with Crippen molar-refractivity contribution < 1.29 is 19.4 Å². The molecule has 0 bridgehead atoms. The van der Waals surface area contributed by atoms with Crippen LogP contribution in [0.15, 0.2) is 96.1 Å². The molecule has 13 heteroatoms. The van der Waals surface area contributed by atoms with E-state index < -0.39 is 17.5 Å². The molecule has 12 nitrogen and oxygen atoms in total. The molecule has 2 heterocycles. The molecular weight excluding hydrogens is 610 g/mol. The van der Waals surface area contributed by atoms with Crippen LogP contribution in [0.25, 0.3) is 22.9 Å². The third kappa shape index (κ3) is 7.97. The van der Waals surface area contributed by atoms with Gasteiger partial charge in [0.1, 0.15) is 6.33 Å². The van der Waals surface area contributed by atoms with Gasteiger partial charge in [-0.25, -0.2) is 4.68 Å². The Morgan fingerprint density at radius 2 is 1.83 bits per heavy atom. The van der Waals surface area contributed by atoms with Crippen molar-refractivity contribution >= 4 is 29.6 Å². The fourth-order valence-corrected chi connectivity index (χ4v) is 5.01. The zero-order chi connectivity index (χ0) is 32.5. The summed E-state index contributed by atoms with van der Waals surface area (Å²) < 4.78 is 7.40. The molecule has 0 fully saturated rings. The average Bonchev–Trinajstić information content (AvgIpc) is 3.60. The quantitative estimate of drug-likeness (QED) is 0.154. The van der Waals surface area contributed by atoms with Gasteiger partial charge in [0.05, 0.1) is 49.7 Å². The standard InChI is InChI=1S/C33H30ClN7O5/c1-46-32(44)18-23-7-9-24(10-8-23)27-20-29(37-40(15-16-42)33(27)45)28(17-22-5-3-2-4-6-22)36-31(43)14-11-25-19-26(34)12-13-30(25)41-21-35-38-39-41/h2-14,19-21,28,42H,15-18H2,1H3,(H,36,43)/b14-11+/t28-/m0/s1. The molecule has 5 aromatic rings. The van der Waals surface area contributed by atoms with Crippen LogP contribution < -0.4 is 10.9 Å². The predicted octanol–water partition coefficient (Wildman–Crippen LogP) is 3.36. The number of hydrogen-bond donors (Lipinski definition) is 2. The van der Waals surface area contributed by atoms with E-state index >= 15 is 0 Å². The highest BCUT2D eigenvalue weighted by molar-refractivity contribution is 6.30. The van der Waals surface area contributed by atoms with E-state index in [2.05, 4.69) is 25.9 Å². The van der Waals surface area contributed by atoms with Crippen LogP contribution in [0.5, 0.6) is 0 Å². The first kappa shape index (κ1) is 31.9. The summed E-state index contributed by atoms with van der Waals surface area (Å²) in [6.07, 6.45) is 4.89. The van der Waals surface area contributed by atoms with E-state index in [1.165, 1.54) is 28.9 Å². The zero-order valence-corrected chi connectivity index (χ0v) is 25.5. The molecule has 1 atom stereocenters. The number of carbonyl (C=O) groups excluding carboxylic acids is 2. The first-order valence-electron chi connectivity index (χ1n) is 14.3. The summed E-state index contributed by atoms with van der Waals surface area (Å²) in [6, 6.07) is 22.7. The van der Waals surface area contributed by atoms with Crippen LogP contribution in [-0.4, -0.2) is 60.7 Å². The van der Waals surface area contributed by atoms with Crippen molar-refractivity contribution in [2.24, 2.45) is 0 Å². The van der Waals surface area contributed by atoms with Crippen molar-refractivity contribution in [1.82, 2.24) is 35.3 Å².